The average molecular weight is 226 g/mol. The van der Waals surface area contributed by atoms with Crippen molar-refractivity contribution in [2.24, 2.45) is 5.73 Å². The van der Waals surface area contributed by atoms with Crippen molar-refractivity contribution in [3.63, 3.8) is 0 Å². The SMILES string of the molecule is CCCC(N)c1cn(CCCOCC)nn1. The number of ether oxygens (including phenoxy) is 1. The summed E-state index contributed by atoms with van der Waals surface area (Å²) in [5, 5.41) is 8.13. The van der Waals surface area contributed by atoms with Crippen LogP contribution in [-0.2, 0) is 11.3 Å². The Balaban J connectivity index is 2.33. The monoisotopic (exact) mass is 226 g/mol. The third kappa shape index (κ3) is 4.28. The molecule has 0 aromatic carbocycles. The Labute approximate surface area is 97.0 Å². The Bertz CT molecular complexity index is 287. The molecule has 1 aromatic rings. The first-order chi connectivity index (χ1) is 7.77. The van der Waals surface area contributed by atoms with Crippen molar-refractivity contribution in [2.45, 2.75) is 45.7 Å². The molecule has 0 spiro atoms. The molecule has 1 aromatic heterocycles. The highest BCUT2D eigenvalue weighted by atomic mass is 16.5. The summed E-state index contributed by atoms with van der Waals surface area (Å²) in [5.41, 5.74) is 6.84. The number of nitrogens with two attached hydrogens (primary N) is 1. The van der Waals surface area contributed by atoms with E-state index in [0.717, 1.165) is 44.7 Å². The third-order valence-electron chi connectivity index (χ3n) is 2.42. The Morgan fingerprint density at radius 3 is 3.00 bits per heavy atom. The highest BCUT2D eigenvalue weighted by Gasteiger charge is 2.09. The largest absolute Gasteiger partial charge is 0.382 e. The van der Waals surface area contributed by atoms with Gasteiger partial charge in [0, 0.05) is 19.8 Å². The van der Waals surface area contributed by atoms with Crippen molar-refractivity contribution in [3.05, 3.63) is 11.9 Å². The molecule has 0 radical (unpaired) electrons. The quantitative estimate of drug-likeness (QED) is 0.682. The van der Waals surface area contributed by atoms with Crippen molar-refractivity contribution in [1.82, 2.24) is 15.0 Å². The van der Waals surface area contributed by atoms with Crippen LogP contribution in [0.3, 0.4) is 0 Å². The van der Waals surface area contributed by atoms with Gasteiger partial charge in [-0.2, -0.15) is 0 Å². The zero-order valence-electron chi connectivity index (χ0n) is 10.2. The highest BCUT2D eigenvalue weighted by Crippen LogP contribution is 2.11. The van der Waals surface area contributed by atoms with Crippen molar-refractivity contribution in [1.29, 1.82) is 0 Å². The van der Waals surface area contributed by atoms with Gasteiger partial charge in [0.05, 0.1) is 17.9 Å². The average Bonchev–Trinajstić information content (AvgIpc) is 2.73. The lowest BCUT2D eigenvalue weighted by atomic mass is 10.1. The summed E-state index contributed by atoms with van der Waals surface area (Å²) in [4.78, 5) is 0. The Morgan fingerprint density at radius 1 is 1.50 bits per heavy atom. The zero-order chi connectivity index (χ0) is 11.8. The van der Waals surface area contributed by atoms with Gasteiger partial charge in [0.15, 0.2) is 0 Å². The van der Waals surface area contributed by atoms with Gasteiger partial charge in [0.25, 0.3) is 0 Å². The van der Waals surface area contributed by atoms with E-state index in [9.17, 15) is 0 Å². The molecule has 1 rings (SSSR count). The van der Waals surface area contributed by atoms with E-state index in [4.69, 9.17) is 10.5 Å². The van der Waals surface area contributed by atoms with E-state index < -0.39 is 0 Å². The lowest BCUT2D eigenvalue weighted by molar-refractivity contribution is 0.140. The number of rotatable bonds is 8. The van der Waals surface area contributed by atoms with Crippen LogP contribution < -0.4 is 5.73 Å². The van der Waals surface area contributed by atoms with Crippen LogP contribution >= 0.6 is 0 Å². The molecule has 2 N–H and O–H groups in total. The standard InChI is InChI=1S/C11H22N4O/c1-3-6-10(12)11-9-15(14-13-11)7-5-8-16-4-2/h9-10H,3-8,12H2,1-2H3. The molecule has 0 aliphatic carbocycles. The van der Waals surface area contributed by atoms with Crippen LogP contribution in [0, 0.1) is 0 Å². The second-order valence-corrected chi connectivity index (χ2v) is 3.85. The van der Waals surface area contributed by atoms with E-state index >= 15 is 0 Å². The molecule has 5 nitrogen and oxygen atoms in total. The van der Waals surface area contributed by atoms with E-state index in [-0.39, 0.29) is 6.04 Å². The first-order valence-corrected chi connectivity index (χ1v) is 6.01. The second kappa shape index (κ2) is 7.35. The summed E-state index contributed by atoms with van der Waals surface area (Å²) in [5.74, 6) is 0. The number of hydrogen-bond acceptors (Lipinski definition) is 4. The molecule has 16 heavy (non-hydrogen) atoms. The molecular formula is C11H22N4O. The fourth-order valence-electron chi connectivity index (χ4n) is 1.52. The van der Waals surface area contributed by atoms with Gasteiger partial charge >= 0.3 is 0 Å². The Kier molecular flexibility index (Phi) is 6.03. The number of aromatic nitrogens is 3. The van der Waals surface area contributed by atoms with Crippen molar-refractivity contribution < 1.29 is 4.74 Å². The van der Waals surface area contributed by atoms with Gasteiger partial charge in [0.2, 0.25) is 0 Å². The molecule has 92 valence electrons. The predicted octanol–water partition coefficient (Wildman–Crippen LogP) is 1.50. The summed E-state index contributed by atoms with van der Waals surface area (Å²) in [6.45, 7) is 6.49. The smallest absolute Gasteiger partial charge is 0.0994 e. The number of aryl methyl sites for hydroxylation is 1. The van der Waals surface area contributed by atoms with Crippen molar-refractivity contribution in [3.8, 4) is 0 Å². The summed E-state index contributed by atoms with van der Waals surface area (Å²) in [7, 11) is 0. The van der Waals surface area contributed by atoms with Crippen LogP contribution in [0.2, 0.25) is 0 Å². The van der Waals surface area contributed by atoms with Crippen LogP contribution in [0.1, 0.15) is 44.8 Å². The van der Waals surface area contributed by atoms with Gasteiger partial charge in [0.1, 0.15) is 0 Å². The summed E-state index contributed by atoms with van der Waals surface area (Å²) >= 11 is 0. The molecule has 0 fully saturated rings. The second-order valence-electron chi connectivity index (χ2n) is 3.85. The van der Waals surface area contributed by atoms with E-state index in [1.54, 1.807) is 0 Å². The molecule has 0 aliphatic heterocycles. The molecule has 5 heteroatoms. The van der Waals surface area contributed by atoms with Crippen molar-refractivity contribution >= 4 is 0 Å². The lowest BCUT2D eigenvalue weighted by Crippen LogP contribution is -2.10. The first-order valence-electron chi connectivity index (χ1n) is 6.01. The van der Waals surface area contributed by atoms with E-state index in [0.29, 0.717) is 0 Å². The van der Waals surface area contributed by atoms with E-state index in [1.165, 1.54) is 0 Å². The van der Waals surface area contributed by atoms with Crippen LogP contribution in [0.4, 0.5) is 0 Å². The van der Waals surface area contributed by atoms with Crippen LogP contribution in [0.15, 0.2) is 6.20 Å². The topological polar surface area (TPSA) is 66.0 Å². The lowest BCUT2D eigenvalue weighted by Gasteiger charge is -2.04. The minimum absolute atomic E-state index is 0.0191. The fourth-order valence-corrected chi connectivity index (χ4v) is 1.52. The highest BCUT2D eigenvalue weighted by molar-refractivity contribution is 4.99. The molecule has 0 aliphatic rings. The van der Waals surface area contributed by atoms with Gasteiger partial charge in [-0.1, -0.05) is 18.6 Å². The minimum atomic E-state index is 0.0191. The minimum Gasteiger partial charge on any atom is -0.382 e. The van der Waals surface area contributed by atoms with Crippen molar-refractivity contribution in [2.75, 3.05) is 13.2 Å². The summed E-state index contributed by atoms with van der Waals surface area (Å²) < 4.78 is 7.10. The summed E-state index contributed by atoms with van der Waals surface area (Å²) in [6, 6.07) is 0.0191. The Morgan fingerprint density at radius 2 is 2.31 bits per heavy atom. The molecule has 1 atom stereocenters. The normalized spacial score (nSPS) is 12.9. The molecule has 0 bridgehead atoms. The predicted molar refractivity (Wildman–Crippen MR) is 63.0 cm³/mol. The fraction of sp³-hybridized carbons (Fsp3) is 0.818. The third-order valence-corrected chi connectivity index (χ3v) is 2.42. The maximum Gasteiger partial charge on any atom is 0.0994 e. The van der Waals surface area contributed by atoms with E-state index in [2.05, 4.69) is 17.2 Å². The number of hydrogen-bond donors (Lipinski definition) is 1. The van der Waals surface area contributed by atoms with Gasteiger partial charge < -0.3 is 10.5 Å². The molecule has 0 amide bonds. The molecule has 1 heterocycles. The maximum absolute atomic E-state index is 5.95. The molecule has 0 saturated heterocycles. The van der Waals surface area contributed by atoms with E-state index in [1.807, 2.05) is 17.8 Å². The number of nitrogens with zero attached hydrogens (tertiary/aromatic N) is 3. The van der Waals surface area contributed by atoms with Crippen LogP contribution in [0.25, 0.3) is 0 Å². The van der Waals surface area contributed by atoms with Crippen LogP contribution in [0.5, 0.6) is 0 Å². The van der Waals surface area contributed by atoms with Crippen LogP contribution in [-0.4, -0.2) is 28.2 Å². The van der Waals surface area contributed by atoms with Gasteiger partial charge in [-0.15, -0.1) is 5.10 Å². The van der Waals surface area contributed by atoms with Gasteiger partial charge in [-0.3, -0.25) is 4.68 Å². The molecule has 0 saturated carbocycles. The molecule has 1 unspecified atom stereocenters. The Hall–Kier alpha value is -0.940. The molecular weight excluding hydrogens is 204 g/mol. The maximum atomic E-state index is 5.95. The first kappa shape index (κ1) is 13.1. The van der Waals surface area contributed by atoms with Gasteiger partial charge in [-0.05, 0) is 19.8 Å². The summed E-state index contributed by atoms with van der Waals surface area (Å²) in [6.07, 6.45) is 4.92. The zero-order valence-corrected chi connectivity index (χ0v) is 10.2. The van der Waals surface area contributed by atoms with Gasteiger partial charge in [-0.25, -0.2) is 0 Å².